The van der Waals surface area contributed by atoms with Crippen molar-refractivity contribution in [3.05, 3.63) is 94.4 Å². The van der Waals surface area contributed by atoms with E-state index in [-0.39, 0.29) is 17.4 Å². The van der Waals surface area contributed by atoms with Crippen molar-refractivity contribution in [2.24, 2.45) is 0 Å². The van der Waals surface area contributed by atoms with Gasteiger partial charge in [-0.15, -0.1) is 0 Å². The molecule has 1 aromatic heterocycles. The maximum atomic E-state index is 13.1. The van der Waals surface area contributed by atoms with Gasteiger partial charge in [-0.1, -0.05) is 30.3 Å². The van der Waals surface area contributed by atoms with Crippen LogP contribution in [-0.4, -0.2) is 34.3 Å². The third kappa shape index (κ3) is 3.82. The van der Waals surface area contributed by atoms with Gasteiger partial charge in [0.1, 0.15) is 35.2 Å². The molecule has 2 aliphatic rings. The van der Waals surface area contributed by atoms with Gasteiger partial charge in [0, 0.05) is 18.5 Å². The van der Waals surface area contributed by atoms with Crippen LogP contribution in [0.5, 0.6) is 5.75 Å². The van der Waals surface area contributed by atoms with Crippen LogP contribution < -0.4 is 4.74 Å². The van der Waals surface area contributed by atoms with E-state index in [2.05, 4.69) is 0 Å². The number of ketones is 1. The molecule has 2 aliphatic heterocycles. The summed E-state index contributed by atoms with van der Waals surface area (Å²) >= 11 is 0. The van der Waals surface area contributed by atoms with Crippen molar-refractivity contribution in [2.45, 2.75) is 38.8 Å². The molecule has 2 aromatic carbocycles. The molecule has 0 bridgehead atoms. The number of rotatable bonds is 5. The number of benzene rings is 2. The summed E-state index contributed by atoms with van der Waals surface area (Å²) in [6.45, 7) is 4.11. The number of ether oxygens (including phenoxy) is 1. The maximum Gasteiger partial charge on any atom is 0.295 e. The maximum absolute atomic E-state index is 13.1. The molecule has 6 nitrogen and oxygen atoms in total. The topological polar surface area (TPSA) is 80.0 Å². The number of hydrogen-bond donors (Lipinski definition) is 1. The molecule has 0 saturated carbocycles. The molecule has 6 heteroatoms. The SMILES string of the molecule is Cc1ccc([C@@H]2/C(=C(\O)c3ccc4c(c3)C[C@H](C)O4)C(=O)C(=O)N2CCc2ccccc2)o1. The number of aryl methyl sites for hydroxylation is 1. The van der Waals surface area contributed by atoms with E-state index in [1.54, 1.807) is 31.2 Å². The van der Waals surface area contributed by atoms with E-state index in [0.717, 1.165) is 23.3 Å². The van der Waals surface area contributed by atoms with E-state index in [1.165, 1.54) is 4.90 Å². The minimum absolute atomic E-state index is 0.0503. The Kier molecular flexibility index (Phi) is 5.29. The monoisotopic (exact) mass is 443 g/mol. The lowest BCUT2D eigenvalue weighted by Crippen LogP contribution is -2.31. The molecule has 1 fully saturated rings. The number of amides is 1. The third-order valence-electron chi connectivity index (χ3n) is 6.22. The van der Waals surface area contributed by atoms with Crippen LogP contribution in [0.25, 0.3) is 5.76 Å². The second-order valence-corrected chi connectivity index (χ2v) is 8.63. The molecule has 1 N–H and O–H groups in total. The van der Waals surface area contributed by atoms with E-state index in [0.29, 0.717) is 30.0 Å². The Labute approximate surface area is 192 Å². The van der Waals surface area contributed by atoms with E-state index in [1.807, 2.05) is 43.3 Å². The van der Waals surface area contributed by atoms with Crippen LogP contribution in [0, 0.1) is 6.92 Å². The fourth-order valence-electron chi connectivity index (χ4n) is 4.63. The van der Waals surface area contributed by atoms with Crippen molar-refractivity contribution in [3.63, 3.8) is 0 Å². The van der Waals surface area contributed by atoms with Gasteiger partial charge in [0.05, 0.1) is 5.57 Å². The average Bonchev–Trinajstić information content (AvgIpc) is 3.47. The first kappa shape index (κ1) is 21.1. The van der Waals surface area contributed by atoms with Crippen molar-refractivity contribution >= 4 is 17.4 Å². The highest BCUT2D eigenvalue weighted by atomic mass is 16.5. The Hall–Kier alpha value is -3.80. The lowest BCUT2D eigenvalue weighted by molar-refractivity contribution is -0.140. The van der Waals surface area contributed by atoms with Crippen molar-refractivity contribution in [2.75, 3.05) is 6.54 Å². The van der Waals surface area contributed by atoms with Crippen LogP contribution in [0.2, 0.25) is 0 Å². The Morgan fingerprint density at radius 2 is 1.88 bits per heavy atom. The summed E-state index contributed by atoms with van der Waals surface area (Å²) in [5, 5.41) is 11.2. The number of Topliss-reactive ketones (excluding diaryl/α,β-unsaturated/α-hetero) is 1. The summed E-state index contributed by atoms with van der Waals surface area (Å²) in [7, 11) is 0. The molecule has 3 heterocycles. The third-order valence-corrected chi connectivity index (χ3v) is 6.22. The molecule has 2 atom stereocenters. The molecule has 1 amide bonds. The molecule has 3 aromatic rings. The molecule has 0 aliphatic carbocycles. The van der Waals surface area contributed by atoms with Gasteiger partial charge in [-0.25, -0.2) is 0 Å². The zero-order chi connectivity index (χ0) is 23.1. The van der Waals surface area contributed by atoms with Crippen LogP contribution in [0.1, 0.15) is 41.2 Å². The van der Waals surface area contributed by atoms with Gasteiger partial charge >= 0.3 is 0 Å². The van der Waals surface area contributed by atoms with Crippen molar-refractivity contribution in [1.29, 1.82) is 0 Å². The van der Waals surface area contributed by atoms with Crippen LogP contribution >= 0.6 is 0 Å². The highest BCUT2D eigenvalue weighted by Crippen LogP contribution is 2.41. The van der Waals surface area contributed by atoms with Gasteiger partial charge < -0.3 is 19.2 Å². The van der Waals surface area contributed by atoms with E-state index >= 15 is 0 Å². The number of furan rings is 1. The molecular weight excluding hydrogens is 418 g/mol. The number of nitrogens with zero attached hydrogens (tertiary/aromatic N) is 1. The Balaban J connectivity index is 1.55. The van der Waals surface area contributed by atoms with E-state index < -0.39 is 17.7 Å². The van der Waals surface area contributed by atoms with Crippen LogP contribution in [0.15, 0.2) is 70.7 Å². The number of carbonyl (C=O) groups is 2. The predicted octanol–water partition coefficient (Wildman–Crippen LogP) is 4.58. The van der Waals surface area contributed by atoms with E-state index in [4.69, 9.17) is 9.15 Å². The molecular formula is C27H25NO5. The van der Waals surface area contributed by atoms with Gasteiger partial charge in [-0.2, -0.15) is 0 Å². The largest absolute Gasteiger partial charge is 0.507 e. The first-order valence-corrected chi connectivity index (χ1v) is 11.1. The quantitative estimate of drug-likeness (QED) is 0.355. The Morgan fingerprint density at radius 3 is 2.61 bits per heavy atom. The summed E-state index contributed by atoms with van der Waals surface area (Å²) < 4.78 is 11.6. The number of carbonyl (C=O) groups excluding carboxylic acids is 2. The summed E-state index contributed by atoms with van der Waals surface area (Å²) in [5.41, 5.74) is 2.56. The van der Waals surface area contributed by atoms with Crippen molar-refractivity contribution in [1.82, 2.24) is 4.90 Å². The zero-order valence-electron chi connectivity index (χ0n) is 18.6. The molecule has 0 spiro atoms. The smallest absolute Gasteiger partial charge is 0.295 e. The van der Waals surface area contributed by atoms with Gasteiger partial charge in [-0.05, 0) is 61.7 Å². The summed E-state index contributed by atoms with van der Waals surface area (Å²) in [6, 6.07) is 17.9. The molecule has 168 valence electrons. The summed E-state index contributed by atoms with van der Waals surface area (Å²) in [5.74, 6) is 0.369. The minimum atomic E-state index is -0.786. The second kappa shape index (κ2) is 8.28. The minimum Gasteiger partial charge on any atom is -0.507 e. The van der Waals surface area contributed by atoms with Crippen LogP contribution in [0.3, 0.4) is 0 Å². The molecule has 33 heavy (non-hydrogen) atoms. The summed E-state index contributed by atoms with van der Waals surface area (Å²) in [6.07, 6.45) is 1.37. The number of likely N-dealkylation sites (tertiary alicyclic amines) is 1. The van der Waals surface area contributed by atoms with E-state index in [9.17, 15) is 14.7 Å². The van der Waals surface area contributed by atoms with Crippen LogP contribution in [-0.2, 0) is 22.4 Å². The first-order valence-electron chi connectivity index (χ1n) is 11.1. The number of aliphatic hydroxyl groups excluding tert-OH is 1. The van der Waals surface area contributed by atoms with Crippen molar-refractivity contribution < 1.29 is 23.8 Å². The lowest BCUT2D eigenvalue weighted by atomic mass is 9.97. The van der Waals surface area contributed by atoms with Gasteiger partial charge in [0.2, 0.25) is 0 Å². The molecule has 0 unspecified atom stereocenters. The molecule has 1 saturated heterocycles. The normalized spacial score (nSPS) is 21.3. The standard InChI is InChI=1S/C27H25NO5/c1-16-8-10-22(32-16)24-23(25(29)19-9-11-21-20(15-19)14-17(2)33-21)26(30)27(31)28(24)13-12-18-6-4-3-5-7-18/h3-11,15,17,24,29H,12-14H2,1-2H3/b25-23+/t17-,24+/m0/s1. The Bertz CT molecular complexity index is 1260. The lowest BCUT2D eigenvalue weighted by Gasteiger charge is -2.23. The zero-order valence-corrected chi connectivity index (χ0v) is 18.6. The molecule has 0 radical (unpaired) electrons. The predicted molar refractivity (Wildman–Crippen MR) is 123 cm³/mol. The highest BCUT2D eigenvalue weighted by Gasteiger charge is 2.47. The second-order valence-electron chi connectivity index (χ2n) is 8.63. The van der Waals surface area contributed by atoms with Gasteiger partial charge in [0.15, 0.2) is 0 Å². The fourth-order valence-corrected chi connectivity index (χ4v) is 4.63. The molecule has 5 rings (SSSR count). The van der Waals surface area contributed by atoms with Crippen LogP contribution in [0.4, 0.5) is 0 Å². The number of hydrogen-bond acceptors (Lipinski definition) is 5. The number of aliphatic hydroxyl groups is 1. The first-order chi connectivity index (χ1) is 15.9. The summed E-state index contributed by atoms with van der Waals surface area (Å²) in [4.78, 5) is 27.7. The van der Waals surface area contributed by atoms with Gasteiger partial charge in [0.25, 0.3) is 11.7 Å². The number of fused-ring (bicyclic) bond motifs is 1. The highest BCUT2D eigenvalue weighted by molar-refractivity contribution is 6.46. The van der Waals surface area contributed by atoms with Gasteiger partial charge in [-0.3, -0.25) is 9.59 Å². The van der Waals surface area contributed by atoms with Crippen molar-refractivity contribution in [3.8, 4) is 5.75 Å². The average molecular weight is 443 g/mol. The fraction of sp³-hybridized carbons (Fsp3) is 0.259. The Morgan fingerprint density at radius 1 is 1.09 bits per heavy atom.